The fourth-order valence-corrected chi connectivity index (χ4v) is 4.72. The van der Waals surface area contributed by atoms with Gasteiger partial charge < -0.3 is 5.32 Å². The number of benzene rings is 2. The van der Waals surface area contributed by atoms with Crippen molar-refractivity contribution in [2.24, 2.45) is 0 Å². The molecular formula is C20H20N4O3S2. The second-order valence-electron chi connectivity index (χ2n) is 6.27. The Kier molecular flexibility index (Phi) is 6.93. The number of hydrogen-bond acceptors (Lipinski definition) is 6. The third-order valence-corrected chi connectivity index (χ3v) is 6.72. The van der Waals surface area contributed by atoms with E-state index in [0.717, 1.165) is 28.1 Å². The van der Waals surface area contributed by atoms with Crippen molar-refractivity contribution in [2.45, 2.75) is 24.2 Å². The number of fused-ring (bicyclic) bond motifs is 1. The smallest absolute Gasteiger partial charge is 0.251 e. The van der Waals surface area contributed by atoms with Gasteiger partial charge in [-0.2, -0.15) is 5.26 Å². The Morgan fingerprint density at radius 1 is 1.10 bits per heavy atom. The molecule has 29 heavy (non-hydrogen) atoms. The predicted octanol–water partition coefficient (Wildman–Crippen LogP) is 2.85. The zero-order valence-corrected chi connectivity index (χ0v) is 17.2. The van der Waals surface area contributed by atoms with Crippen LogP contribution in [0.4, 0.5) is 0 Å². The number of aryl methyl sites for hydroxylation is 1. The second kappa shape index (κ2) is 9.60. The number of nitrogens with zero attached hydrogens (tertiary/aromatic N) is 2. The first-order valence-corrected chi connectivity index (χ1v) is 11.4. The molecule has 0 saturated heterocycles. The quantitative estimate of drug-likeness (QED) is 0.509. The van der Waals surface area contributed by atoms with E-state index in [1.807, 2.05) is 30.3 Å². The van der Waals surface area contributed by atoms with Crippen LogP contribution in [0.3, 0.4) is 0 Å². The third-order valence-electron chi connectivity index (χ3n) is 4.15. The molecule has 1 amide bonds. The lowest BCUT2D eigenvalue weighted by Gasteiger charge is -2.07. The summed E-state index contributed by atoms with van der Waals surface area (Å²) in [6, 6.07) is 15.6. The lowest BCUT2D eigenvalue weighted by atomic mass is 10.2. The molecule has 0 radical (unpaired) electrons. The molecule has 7 nitrogen and oxygen atoms in total. The fourth-order valence-electron chi connectivity index (χ4n) is 2.68. The number of thiazole rings is 1. The first-order chi connectivity index (χ1) is 14.0. The molecule has 3 aromatic rings. The molecule has 3 rings (SSSR count). The molecular weight excluding hydrogens is 408 g/mol. The summed E-state index contributed by atoms with van der Waals surface area (Å²) >= 11 is 1.66. The molecule has 0 unspecified atom stereocenters. The van der Waals surface area contributed by atoms with E-state index in [2.05, 4.69) is 15.0 Å². The number of hydrogen-bond donors (Lipinski definition) is 2. The van der Waals surface area contributed by atoms with E-state index in [9.17, 15) is 13.2 Å². The Balaban J connectivity index is 1.48. The first-order valence-electron chi connectivity index (χ1n) is 9.09. The Morgan fingerprint density at radius 3 is 2.59 bits per heavy atom. The summed E-state index contributed by atoms with van der Waals surface area (Å²) in [5.41, 5.74) is 1.38. The highest BCUT2D eigenvalue weighted by Gasteiger charge is 2.14. The molecule has 0 spiro atoms. The van der Waals surface area contributed by atoms with E-state index in [0.29, 0.717) is 12.1 Å². The Hall–Kier alpha value is -2.80. The van der Waals surface area contributed by atoms with E-state index in [-0.39, 0.29) is 23.8 Å². The van der Waals surface area contributed by atoms with Crippen molar-refractivity contribution >= 4 is 37.5 Å². The number of rotatable bonds is 9. The summed E-state index contributed by atoms with van der Waals surface area (Å²) in [5.74, 6) is -0.254. The molecule has 2 aromatic carbocycles. The molecule has 150 valence electrons. The van der Waals surface area contributed by atoms with Crippen molar-refractivity contribution in [2.75, 3.05) is 13.1 Å². The van der Waals surface area contributed by atoms with Gasteiger partial charge in [0.25, 0.3) is 5.91 Å². The van der Waals surface area contributed by atoms with Crippen LogP contribution >= 0.6 is 11.3 Å². The number of nitrogens with one attached hydrogen (secondary N) is 2. The molecule has 0 fully saturated rings. The Bertz CT molecular complexity index is 1100. The summed E-state index contributed by atoms with van der Waals surface area (Å²) in [7, 11) is -3.68. The van der Waals surface area contributed by atoms with Gasteiger partial charge in [-0.15, -0.1) is 11.3 Å². The molecule has 1 aromatic heterocycles. The van der Waals surface area contributed by atoms with Gasteiger partial charge in [-0.3, -0.25) is 4.79 Å². The molecule has 9 heteroatoms. The molecule has 0 aliphatic rings. The van der Waals surface area contributed by atoms with Gasteiger partial charge >= 0.3 is 0 Å². The zero-order chi connectivity index (χ0) is 20.7. The van der Waals surface area contributed by atoms with Crippen LogP contribution in [0.5, 0.6) is 0 Å². The van der Waals surface area contributed by atoms with Crippen molar-refractivity contribution in [1.82, 2.24) is 15.0 Å². The average Bonchev–Trinajstić information content (AvgIpc) is 3.14. The monoisotopic (exact) mass is 428 g/mol. The fraction of sp³-hybridized carbons (Fsp3) is 0.250. The SMILES string of the molecule is N#CCCNS(=O)(=O)c1ccc(C(=O)NCCCc2nc3ccccc3s2)cc1. The number of sulfonamides is 1. The van der Waals surface area contributed by atoms with Crippen molar-refractivity contribution in [3.8, 4) is 6.07 Å². The average molecular weight is 429 g/mol. The molecule has 1 heterocycles. The van der Waals surface area contributed by atoms with E-state index in [1.54, 1.807) is 11.3 Å². The maximum absolute atomic E-state index is 12.2. The molecule has 0 aliphatic carbocycles. The summed E-state index contributed by atoms with van der Waals surface area (Å²) in [5, 5.41) is 12.4. The lowest BCUT2D eigenvalue weighted by molar-refractivity contribution is 0.0953. The summed E-state index contributed by atoms with van der Waals surface area (Å²) in [6.07, 6.45) is 1.64. The van der Waals surface area contributed by atoms with Crippen molar-refractivity contribution in [3.05, 3.63) is 59.1 Å². The molecule has 0 bridgehead atoms. The van der Waals surface area contributed by atoms with Crippen LogP contribution in [0, 0.1) is 11.3 Å². The highest BCUT2D eigenvalue weighted by Crippen LogP contribution is 2.22. The van der Waals surface area contributed by atoms with E-state index in [4.69, 9.17) is 5.26 Å². The van der Waals surface area contributed by atoms with Crippen LogP contribution in [0.2, 0.25) is 0 Å². The van der Waals surface area contributed by atoms with Crippen molar-refractivity contribution in [1.29, 1.82) is 5.26 Å². The first kappa shape index (κ1) is 20.9. The second-order valence-corrected chi connectivity index (χ2v) is 9.15. The van der Waals surface area contributed by atoms with Crippen LogP contribution < -0.4 is 10.0 Å². The number of amides is 1. The van der Waals surface area contributed by atoms with Crippen molar-refractivity contribution < 1.29 is 13.2 Å². The standard InChI is InChI=1S/C20H20N4O3S2/c21-12-4-14-23-29(26,27)16-10-8-15(9-11-16)20(25)22-13-3-7-19-24-17-5-1-2-6-18(17)28-19/h1-2,5-6,8-11,23H,3-4,7,13-14H2,(H,22,25). The zero-order valence-electron chi connectivity index (χ0n) is 15.6. The maximum atomic E-state index is 12.2. The minimum atomic E-state index is -3.68. The minimum Gasteiger partial charge on any atom is -0.352 e. The topological polar surface area (TPSA) is 112 Å². The van der Waals surface area contributed by atoms with Crippen LogP contribution in [0.1, 0.15) is 28.2 Å². The Labute approximate surface area is 173 Å². The van der Waals surface area contributed by atoms with Crippen LogP contribution in [-0.4, -0.2) is 32.4 Å². The van der Waals surface area contributed by atoms with Gasteiger partial charge in [-0.1, -0.05) is 12.1 Å². The van der Waals surface area contributed by atoms with Gasteiger partial charge in [0, 0.05) is 31.5 Å². The number of carbonyl (C=O) groups excluding carboxylic acids is 1. The molecule has 0 aliphatic heterocycles. The lowest BCUT2D eigenvalue weighted by Crippen LogP contribution is -2.26. The van der Waals surface area contributed by atoms with Gasteiger partial charge in [0.05, 0.1) is 26.2 Å². The maximum Gasteiger partial charge on any atom is 0.251 e. The molecule has 2 N–H and O–H groups in total. The summed E-state index contributed by atoms with van der Waals surface area (Å²) < 4.78 is 27.6. The number of para-hydroxylation sites is 1. The largest absolute Gasteiger partial charge is 0.352 e. The normalized spacial score (nSPS) is 11.3. The number of nitriles is 1. The third kappa shape index (κ3) is 5.60. The van der Waals surface area contributed by atoms with Crippen molar-refractivity contribution in [3.63, 3.8) is 0 Å². The van der Waals surface area contributed by atoms with Gasteiger partial charge in [0.15, 0.2) is 0 Å². The number of aromatic nitrogens is 1. The van der Waals surface area contributed by atoms with Crippen LogP contribution in [0.25, 0.3) is 10.2 Å². The summed E-state index contributed by atoms with van der Waals surface area (Å²) in [6.45, 7) is 0.556. The predicted molar refractivity (Wildman–Crippen MR) is 112 cm³/mol. The number of carbonyl (C=O) groups is 1. The molecule has 0 saturated carbocycles. The van der Waals surface area contributed by atoms with E-state index < -0.39 is 10.0 Å². The Morgan fingerprint density at radius 2 is 1.86 bits per heavy atom. The van der Waals surface area contributed by atoms with E-state index >= 15 is 0 Å². The summed E-state index contributed by atoms with van der Waals surface area (Å²) in [4.78, 5) is 16.9. The van der Waals surface area contributed by atoms with Gasteiger partial charge in [-0.05, 0) is 42.8 Å². The highest BCUT2D eigenvalue weighted by molar-refractivity contribution is 7.89. The van der Waals surface area contributed by atoms with Crippen LogP contribution in [0.15, 0.2) is 53.4 Å². The molecule has 0 atom stereocenters. The van der Waals surface area contributed by atoms with E-state index in [1.165, 1.54) is 24.3 Å². The van der Waals surface area contributed by atoms with Gasteiger partial charge in [-0.25, -0.2) is 18.1 Å². The van der Waals surface area contributed by atoms with Gasteiger partial charge in [0.1, 0.15) is 0 Å². The minimum absolute atomic E-state index is 0.0513. The van der Waals surface area contributed by atoms with Crippen LogP contribution in [-0.2, 0) is 16.4 Å². The van der Waals surface area contributed by atoms with Gasteiger partial charge in [0.2, 0.25) is 10.0 Å². The highest BCUT2D eigenvalue weighted by atomic mass is 32.2.